The van der Waals surface area contributed by atoms with Crippen molar-refractivity contribution in [3.8, 4) is 11.5 Å². The molecule has 0 atom stereocenters. The van der Waals surface area contributed by atoms with Crippen LogP contribution in [0.15, 0.2) is 36.4 Å². The molecule has 0 aliphatic carbocycles. The average Bonchev–Trinajstić information content (AvgIpc) is 2.59. The van der Waals surface area contributed by atoms with Crippen molar-refractivity contribution in [2.45, 2.75) is 27.2 Å². The quantitative estimate of drug-likeness (QED) is 0.568. The lowest BCUT2D eigenvalue weighted by atomic mass is 10.1. The molecule has 25 heavy (non-hydrogen) atoms. The number of hydrogen-bond donors (Lipinski definition) is 2. The minimum absolute atomic E-state index is 0.604. The minimum Gasteiger partial charge on any atom is -0.497 e. The van der Waals surface area contributed by atoms with Gasteiger partial charge in [0.2, 0.25) is 0 Å². The van der Waals surface area contributed by atoms with Gasteiger partial charge in [-0.05, 0) is 86.4 Å². The summed E-state index contributed by atoms with van der Waals surface area (Å²) in [5, 5.41) is 6.95. The van der Waals surface area contributed by atoms with Crippen molar-refractivity contribution in [3.63, 3.8) is 0 Å². The topological polar surface area (TPSA) is 42.5 Å². The van der Waals surface area contributed by atoms with E-state index in [4.69, 9.17) is 21.7 Å². The van der Waals surface area contributed by atoms with Gasteiger partial charge < -0.3 is 20.1 Å². The summed E-state index contributed by atoms with van der Waals surface area (Å²) in [6.45, 7) is 7.70. The highest BCUT2D eigenvalue weighted by Gasteiger charge is 2.04. The van der Waals surface area contributed by atoms with E-state index in [2.05, 4.69) is 43.5 Å². The van der Waals surface area contributed by atoms with E-state index >= 15 is 0 Å². The standard InChI is InChI=1S/C20H26N2O2S/c1-14-12-15(2)16(3)19(13-14)24-11-5-10-21-20(25)22-17-6-8-18(23-4)9-7-17/h6-9,12-13H,5,10-11H2,1-4H3,(H2,21,22,25). The Morgan fingerprint density at radius 1 is 1.08 bits per heavy atom. The van der Waals surface area contributed by atoms with Gasteiger partial charge in [-0.15, -0.1) is 0 Å². The molecule has 0 unspecified atom stereocenters. The molecule has 134 valence electrons. The summed E-state index contributed by atoms with van der Waals surface area (Å²) in [6, 6.07) is 11.9. The summed E-state index contributed by atoms with van der Waals surface area (Å²) in [5.74, 6) is 1.79. The van der Waals surface area contributed by atoms with Gasteiger partial charge in [-0.2, -0.15) is 0 Å². The molecule has 5 heteroatoms. The Hall–Kier alpha value is -2.27. The van der Waals surface area contributed by atoms with Gasteiger partial charge in [0, 0.05) is 12.2 Å². The second-order valence-corrected chi connectivity index (χ2v) is 6.42. The first-order chi connectivity index (χ1) is 12.0. The van der Waals surface area contributed by atoms with E-state index < -0.39 is 0 Å². The molecule has 0 aliphatic heterocycles. The number of methoxy groups -OCH3 is 1. The lowest BCUT2D eigenvalue weighted by Gasteiger charge is -2.13. The normalized spacial score (nSPS) is 10.2. The van der Waals surface area contributed by atoms with Crippen molar-refractivity contribution in [1.82, 2.24) is 5.32 Å². The third-order valence-corrected chi connectivity index (χ3v) is 4.22. The molecular formula is C20H26N2O2S. The number of rotatable bonds is 7. The fraction of sp³-hybridized carbons (Fsp3) is 0.350. The van der Waals surface area contributed by atoms with Crippen molar-refractivity contribution < 1.29 is 9.47 Å². The number of benzene rings is 2. The molecule has 0 aliphatic rings. The predicted octanol–water partition coefficient (Wildman–Crippen LogP) is 4.38. The smallest absolute Gasteiger partial charge is 0.170 e. The average molecular weight is 359 g/mol. The Kier molecular flexibility index (Phi) is 7.07. The molecule has 0 radical (unpaired) electrons. The second kappa shape index (κ2) is 9.28. The van der Waals surface area contributed by atoms with Crippen LogP contribution in [0.4, 0.5) is 5.69 Å². The van der Waals surface area contributed by atoms with E-state index in [0.717, 1.165) is 30.2 Å². The monoisotopic (exact) mass is 358 g/mol. The van der Waals surface area contributed by atoms with E-state index in [1.54, 1.807) is 7.11 Å². The Morgan fingerprint density at radius 3 is 2.48 bits per heavy atom. The molecule has 2 aromatic rings. The zero-order valence-corrected chi connectivity index (χ0v) is 16.1. The molecule has 0 fully saturated rings. The second-order valence-electron chi connectivity index (χ2n) is 6.02. The van der Waals surface area contributed by atoms with Crippen LogP contribution < -0.4 is 20.1 Å². The van der Waals surface area contributed by atoms with E-state index in [1.807, 2.05) is 24.3 Å². The third-order valence-electron chi connectivity index (χ3n) is 3.98. The highest BCUT2D eigenvalue weighted by atomic mass is 32.1. The number of anilines is 1. The Bertz CT molecular complexity index is 714. The summed E-state index contributed by atoms with van der Waals surface area (Å²) in [6.07, 6.45) is 0.872. The number of nitrogens with one attached hydrogen (secondary N) is 2. The first kappa shape index (κ1) is 19.1. The molecule has 0 bridgehead atoms. The van der Waals surface area contributed by atoms with Crippen LogP contribution in [0.25, 0.3) is 0 Å². The van der Waals surface area contributed by atoms with Crippen LogP contribution in [-0.4, -0.2) is 25.4 Å². The van der Waals surface area contributed by atoms with Crippen LogP contribution >= 0.6 is 12.2 Å². The maximum atomic E-state index is 5.91. The highest BCUT2D eigenvalue weighted by Crippen LogP contribution is 2.23. The Labute approximate surface area is 155 Å². The van der Waals surface area contributed by atoms with Gasteiger partial charge in [0.1, 0.15) is 11.5 Å². The summed E-state index contributed by atoms with van der Waals surface area (Å²) < 4.78 is 11.0. The third kappa shape index (κ3) is 5.94. The summed E-state index contributed by atoms with van der Waals surface area (Å²) >= 11 is 5.30. The SMILES string of the molecule is COc1ccc(NC(=S)NCCCOc2cc(C)cc(C)c2C)cc1. The van der Waals surface area contributed by atoms with Gasteiger partial charge in [0.15, 0.2) is 5.11 Å². The van der Waals surface area contributed by atoms with E-state index in [1.165, 1.54) is 16.7 Å². The number of aryl methyl sites for hydroxylation is 2. The van der Waals surface area contributed by atoms with Crippen molar-refractivity contribution in [2.24, 2.45) is 0 Å². The highest BCUT2D eigenvalue weighted by molar-refractivity contribution is 7.80. The van der Waals surface area contributed by atoms with Crippen molar-refractivity contribution in [1.29, 1.82) is 0 Å². The van der Waals surface area contributed by atoms with Crippen molar-refractivity contribution in [3.05, 3.63) is 53.1 Å². The van der Waals surface area contributed by atoms with Crippen LogP contribution in [0.2, 0.25) is 0 Å². The molecule has 0 heterocycles. The summed E-state index contributed by atoms with van der Waals surface area (Å²) in [5.41, 5.74) is 4.62. The maximum Gasteiger partial charge on any atom is 0.170 e. The van der Waals surface area contributed by atoms with Crippen molar-refractivity contribution >= 4 is 23.0 Å². The zero-order chi connectivity index (χ0) is 18.2. The van der Waals surface area contributed by atoms with Crippen LogP contribution in [-0.2, 0) is 0 Å². The van der Waals surface area contributed by atoms with Gasteiger partial charge in [-0.25, -0.2) is 0 Å². The minimum atomic E-state index is 0.604. The molecule has 2 N–H and O–H groups in total. The van der Waals surface area contributed by atoms with Crippen LogP contribution in [0.3, 0.4) is 0 Å². The maximum absolute atomic E-state index is 5.91. The van der Waals surface area contributed by atoms with Crippen molar-refractivity contribution in [2.75, 3.05) is 25.6 Å². The van der Waals surface area contributed by atoms with Crippen LogP contribution in [0.5, 0.6) is 11.5 Å². The molecule has 0 saturated carbocycles. The van der Waals surface area contributed by atoms with E-state index in [-0.39, 0.29) is 0 Å². The predicted molar refractivity (Wildman–Crippen MR) is 108 cm³/mol. The first-order valence-corrected chi connectivity index (χ1v) is 8.80. The van der Waals surface area contributed by atoms with Gasteiger partial charge in [0.25, 0.3) is 0 Å². The first-order valence-electron chi connectivity index (χ1n) is 8.39. The van der Waals surface area contributed by atoms with Gasteiger partial charge in [0.05, 0.1) is 13.7 Å². The van der Waals surface area contributed by atoms with E-state index in [0.29, 0.717) is 11.7 Å². The Morgan fingerprint density at radius 2 is 1.80 bits per heavy atom. The molecule has 4 nitrogen and oxygen atoms in total. The van der Waals surface area contributed by atoms with Gasteiger partial charge >= 0.3 is 0 Å². The van der Waals surface area contributed by atoms with Crippen LogP contribution in [0.1, 0.15) is 23.1 Å². The summed E-state index contributed by atoms with van der Waals surface area (Å²) in [7, 11) is 1.65. The van der Waals surface area contributed by atoms with E-state index in [9.17, 15) is 0 Å². The number of ether oxygens (including phenoxy) is 2. The number of hydrogen-bond acceptors (Lipinski definition) is 3. The van der Waals surface area contributed by atoms with Gasteiger partial charge in [-0.1, -0.05) is 6.07 Å². The zero-order valence-electron chi connectivity index (χ0n) is 15.3. The molecule has 0 saturated heterocycles. The molecule has 2 rings (SSSR count). The lowest BCUT2D eigenvalue weighted by molar-refractivity contribution is 0.309. The molecule has 2 aromatic carbocycles. The molecule has 0 aromatic heterocycles. The lowest BCUT2D eigenvalue weighted by Crippen LogP contribution is -2.30. The fourth-order valence-electron chi connectivity index (χ4n) is 2.46. The largest absolute Gasteiger partial charge is 0.497 e. The molecule has 0 amide bonds. The van der Waals surface area contributed by atoms with Crippen LogP contribution in [0, 0.1) is 20.8 Å². The van der Waals surface area contributed by atoms with Gasteiger partial charge in [-0.3, -0.25) is 0 Å². The summed E-state index contributed by atoms with van der Waals surface area (Å²) in [4.78, 5) is 0. The Balaban J connectivity index is 1.69. The molecular weight excluding hydrogens is 332 g/mol. The fourth-order valence-corrected chi connectivity index (χ4v) is 2.68. The molecule has 0 spiro atoms. The number of thiocarbonyl (C=S) groups is 1.